The van der Waals surface area contributed by atoms with Gasteiger partial charge in [0.05, 0.1) is 25.0 Å². The van der Waals surface area contributed by atoms with Crippen molar-refractivity contribution in [1.29, 1.82) is 0 Å². The predicted octanol–water partition coefficient (Wildman–Crippen LogP) is 4.22. The van der Waals surface area contributed by atoms with Crippen LogP contribution >= 0.6 is 15.9 Å². The summed E-state index contributed by atoms with van der Waals surface area (Å²) in [6.07, 6.45) is 3.17. The summed E-state index contributed by atoms with van der Waals surface area (Å²) in [4.78, 5) is 42.2. The summed E-state index contributed by atoms with van der Waals surface area (Å²) in [7, 11) is 0. The maximum Gasteiger partial charge on any atom is 0.270 e. The molecule has 1 aromatic heterocycles. The van der Waals surface area contributed by atoms with Crippen LogP contribution in [0.3, 0.4) is 0 Å². The van der Waals surface area contributed by atoms with Gasteiger partial charge in [0.2, 0.25) is 5.91 Å². The van der Waals surface area contributed by atoms with Crippen LogP contribution in [0.1, 0.15) is 48.5 Å². The van der Waals surface area contributed by atoms with E-state index in [1.54, 1.807) is 4.90 Å². The molecule has 3 aromatic rings. The summed E-state index contributed by atoms with van der Waals surface area (Å²) < 4.78 is 18.2. The number of aromatic nitrogens is 3. The fourth-order valence-electron chi connectivity index (χ4n) is 5.50. The number of hydrazone groups is 1. The van der Waals surface area contributed by atoms with Crippen LogP contribution in [0.5, 0.6) is 0 Å². The lowest BCUT2D eigenvalue weighted by atomic mass is 9.92. The zero-order valence-corrected chi connectivity index (χ0v) is 24.3. The van der Waals surface area contributed by atoms with Crippen molar-refractivity contribution in [3.8, 4) is 0 Å². The Morgan fingerprint density at radius 2 is 1.83 bits per heavy atom. The fourth-order valence-corrected chi connectivity index (χ4v) is 5.77. The maximum atomic E-state index is 15.9. The molecule has 12 heteroatoms. The third kappa shape index (κ3) is 5.05. The molecule has 41 heavy (non-hydrogen) atoms. The van der Waals surface area contributed by atoms with E-state index in [1.165, 1.54) is 20.8 Å². The molecule has 3 amide bonds. The van der Waals surface area contributed by atoms with E-state index in [0.717, 1.165) is 27.7 Å². The average molecular weight is 622 g/mol. The van der Waals surface area contributed by atoms with Crippen LogP contribution in [0.4, 0.5) is 15.8 Å². The minimum absolute atomic E-state index is 0.0906. The van der Waals surface area contributed by atoms with Crippen LogP contribution in [0.15, 0.2) is 58.2 Å². The second-order valence-electron chi connectivity index (χ2n) is 10.9. The van der Waals surface area contributed by atoms with Gasteiger partial charge in [0, 0.05) is 29.5 Å². The van der Waals surface area contributed by atoms with E-state index < -0.39 is 17.6 Å². The molecule has 1 unspecified atom stereocenters. The lowest BCUT2D eigenvalue weighted by molar-refractivity contribution is -0.139. The predicted molar refractivity (Wildman–Crippen MR) is 154 cm³/mol. The summed E-state index contributed by atoms with van der Waals surface area (Å²) in [5.41, 5.74) is 1.70. The van der Waals surface area contributed by atoms with Crippen molar-refractivity contribution >= 4 is 50.7 Å². The van der Waals surface area contributed by atoms with Gasteiger partial charge in [0.1, 0.15) is 17.4 Å². The van der Waals surface area contributed by atoms with Crippen LogP contribution in [0, 0.1) is 13.8 Å². The topological polar surface area (TPSA) is 104 Å². The molecule has 4 heterocycles. The third-order valence-corrected chi connectivity index (χ3v) is 8.41. The Labute approximate surface area is 244 Å². The molecular weight excluding hydrogens is 593 g/mol. The number of nitrogens with zero attached hydrogens (tertiary/aromatic N) is 7. The third-order valence-electron chi connectivity index (χ3n) is 7.88. The molecule has 0 radical (unpaired) electrons. The monoisotopic (exact) mass is 621 g/mol. The second-order valence-corrected chi connectivity index (χ2v) is 11.8. The van der Waals surface area contributed by atoms with Gasteiger partial charge in [-0.05, 0) is 68.1 Å². The standard InChI is InChI=1S/C29H29BrFN7O3/c1-18-5-6-19(2)24(14-18)38-26(39)12-11-22(33-38)27(40)35-16-29(31,17-35)25-15-37(34-32-25)23-4-3-13-36(28(23)41)21-9-7-20(30)8-10-21/h5-10,14-15,23H,3-4,11-13,16-17H2,1-2H3. The Hall–Kier alpha value is -3.93. The van der Waals surface area contributed by atoms with Crippen molar-refractivity contribution in [3.63, 3.8) is 0 Å². The summed E-state index contributed by atoms with van der Waals surface area (Å²) >= 11 is 3.41. The van der Waals surface area contributed by atoms with Gasteiger partial charge in [0.15, 0.2) is 5.67 Å². The summed E-state index contributed by atoms with van der Waals surface area (Å²) in [6, 6.07) is 12.6. The van der Waals surface area contributed by atoms with Crippen molar-refractivity contribution in [2.45, 2.75) is 51.2 Å². The Bertz CT molecular complexity index is 1560. The van der Waals surface area contributed by atoms with Crippen molar-refractivity contribution in [2.75, 3.05) is 29.5 Å². The van der Waals surface area contributed by atoms with Crippen LogP contribution in [0.2, 0.25) is 0 Å². The number of benzene rings is 2. The minimum Gasteiger partial charge on any atom is -0.330 e. The first kappa shape index (κ1) is 27.3. The molecule has 10 nitrogen and oxygen atoms in total. The van der Waals surface area contributed by atoms with E-state index in [9.17, 15) is 14.4 Å². The van der Waals surface area contributed by atoms with Crippen molar-refractivity contribution < 1.29 is 18.8 Å². The van der Waals surface area contributed by atoms with E-state index in [-0.39, 0.29) is 49.2 Å². The second kappa shape index (κ2) is 10.5. The molecule has 0 saturated carbocycles. The number of likely N-dealkylation sites (tertiary alicyclic amines) is 1. The molecular formula is C29H29BrFN7O3. The molecule has 0 bridgehead atoms. The highest BCUT2D eigenvalue weighted by atomic mass is 79.9. The molecule has 0 spiro atoms. The van der Waals surface area contributed by atoms with Crippen LogP contribution in [0.25, 0.3) is 0 Å². The van der Waals surface area contributed by atoms with Gasteiger partial charge >= 0.3 is 0 Å². The van der Waals surface area contributed by atoms with Crippen molar-refractivity contribution in [1.82, 2.24) is 19.9 Å². The van der Waals surface area contributed by atoms with Gasteiger partial charge in [-0.3, -0.25) is 14.4 Å². The maximum absolute atomic E-state index is 15.9. The Morgan fingerprint density at radius 3 is 2.59 bits per heavy atom. The summed E-state index contributed by atoms with van der Waals surface area (Å²) in [5.74, 6) is -0.709. The van der Waals surface area contributed by atoms with Gasteiger partial charge in [-0.2, -0.15) is 5.10 Å². The fraction of sp³-hybridized carbons (Fsp3) is 0.379. The van der Waals surface area contributed by atoms with Gasteiger partial charge in [-0.1, -0.05) is 33.3 Å². The Balaban J connectivity index is 1.14. The van der Waals surface area contributed by atoms with Crippen LogP contribution < -0.4 is 9.91 Å². The SMILES string of the molecule is Cc1ccc(C)c(N2N=C(C(=O)N3CC(F)(c4cn(C5CCCN(c6ccc(Br)cc6)C5=O)nn4)C3)CCC2=O)c1. The van der Waals surface area contributed by atoms with Gasteiger partial charge in [-0.25, -0.2) is 14.1 Å². The van der Waals surface area contributed by atoms with Crippen molar-refractivity contribution in [2.24, 2.45) is 5.10 Å². The first-order valence-corrected chi connectivity index (χ1v) is 14.4. The Kier molecular flexibility index (Phi) is 6.96. The first-order chi connectivity index (χ1) is 19.6. The number of piperidine rings is 1. The average Bonchev–Trinajstić information content (AvgIpc) is 3.44. The number of carbonyl (C=O) groups is 3. The van der Waals surface area contributed by atoms with Crippen molar-refractivity contribution in [3.05, 3.63) is 70.0 Å². The number of hydrogen-bond donors (Lipinski definition) is 0. The molecule has 3 aliphatic rings. The number of hydrogen-bond acceptors (Lipinski definition) is 6. The number of aryl methyl sites for hydroxylation is 2. The Morgan fingerprint density at radius 1 is 1.07 bits per heavy atom. The van der Waals surface area contributed by atoms with E-state index in [2.05, 4.69) is 31.3 Å². The highest BCUT2D eigenvalue weighted by molar-refractivity contribution is 9.10. The van der Waals surface area contributed by atoms with E-state index in [0.29, 0.717) is 18.7 Å². The smallest absolute Gasteiger partial charge is 0.270 e. The molecule has 3 aliphatic heterocycles. The van der Waals surface area contributed by atoms with Crippen LogP contribution in [-0.2, 0) is 20.1 Å². The molecule has 212 valence electrons. The number of alkyl halides is 1. The van der Waals surface area contributed by atoms with E-state index in [4.69, 9.17) is 0 Å². The normalized spacial score (nSPS) is 20.6. The molecule has 2 saturated heterocycles. The molecule has 2 aromatic carbocycles. The van der Waals surface area contributed by atoms with E-state index in [1.807, 2.05) is 56.3 Å². The number of halogens is 2. The van der Waals surface area contributed by atoms with Gasteiger partial charge in [-0.15, -0.1) is 5.10 Å². The highest BCUT2D eigenvalue weighted by Gasteiger charge is 2.51. The highest BCUT2D eigenvalue weighted by Crippen LogP contribution is 2.37. The number of rotatable bonds is 5. The molecule has 1 atom stereocenters. The van der Waals surface area contributed by atoms with Gasteiger partial charge in [0.25, 0.3) is 11.8 Å². The number of amides is 3. The zero-order valence-electron chi connectivity index (χ0n) is 22.8. The van der Waals surface area contributed by atoms with Crippen LogP contribution in [-0.4, -0.2) is 63.0 Å². The molecule has 0 aliphatic carbocycles. The first-order valence-electron chi connectivity index (χ1n) is 13.6. The quantitative estimate of drug-likeness (QED) is 0.424. The molecule has 2 fully saturated rings. The lowest BCUT2D eigenvalue weighted by Gasteiger charge is -2.43. The summed E-state index contributed by atoms with van der Waals surface area (Å²) in [5, 5.41) is 13.8. The van der Waals surface area contributed by atoms with E-state index >= 15 is 4.39 Å². The number of carbonyl (C=O) groups excluding carboxylic acids is 3. The largest absolute Gasteiger partial charge is 0.330 e. The molecule has 6 rings (SSSR count). The zero-order chi connectivity index (χ0) is 28.9. The molecule has 0 N–H and O–H groups in total. The minimum atomic E-state index is -1.88. The lowest BCUT2D eigenvalue weighted by Crippen LogP contribution is -2.61. The van der Waals surface area contributed by atoms with Gasteiger partial charge < -0.3 is 9.80 Å². The summed E-state index contributed by atoms with van der Waals surface area (Å²) in [6.45, 7) is 3.99. The number of anilines is 2.